The number of nitrogens with zero attached hydrogens (tertiary/aromatic N) is 2. The van der Waals surface area contributed by atoms with Gasteiger partial charge in [0.05, 0.1) is 4.92 Å². The van der Waals surface area contributed by atoms with E-state index in [1.54, 1.807) is 17.1 Å². The molecule has 22 heavy (non-hydrogen) atoms. The van der Waals surface area contributed by atoms with E-state index >= 15 is 0 Å². The van der Waals surface area contributed by atoms with Gasteiger partial charge in [-0.2, -0.15) is 0 Å². The van der Waals surface area contributed by atoms with E-state index in [-0.39, 0.29) is 21.4 Å². The van der Waals surface area contributed by atoms with Crippen LogP contribution in [0.4, 0.5) is 5.69 Å². The van der Waals surface area contributed by atoms with Gasteiger partial charge in [0.2, 0.25) is 0 Å². The van der Waals surface area contributed by atoms with Crippen LogP contribution in [0, 0.1) is 10.1 Å². The Kier molecular flexibility index (Phi) is 6.68. The standard InChI is InChI=1S/C14H14ClN3O3S/c1-3-7-17(8-4-2)14(22)16-13(19)10-5-6-11(15)12(9-10)18(20)21/h3-6,9H,1-2,7-8H2,(H,16,19,22). The van der Waals surface area contributed by atoms with Crippen molar-refractivity contribution >= 4 is 40.5 Å². The molecule has 8 heteroatoms. The molecule has 0 aromatic heterocycles. The van der Waals surface area contributed by atoms with E-state index in [0.717, 1.165) is 6.07 Å². The van der Waals surface area contributed by atoms with Gasteiger partial charge in [0, 0.05) is 24.7 Å². The zero-order valence-corrected chi connectivity index (χ0v) is 13.2. The summed E-state index contributed by atoms with van der Waals surface area (Å²) in [6.45, 7) is 8.08. The van der Waals surface area contributed by atoms with Crippen molar-refractivity contribution in [1.29, 1.82) is 0 Å². The van der Waals surface area contributed by atoms with Gasteiger partial charge in [-0.3, -0.25) is 20.2 Å². The van der Waals surface area contributed by atoms with Crippen LogP contribution < -0.4 is 5.32 Å². The van der Waals surface area contributed by atoms with Crippen molar-refractivity contribution in [3.05, 3.63) is 64.2 Å². The quantitative estimate of drug-likeness (QED) is 0.373. The number of rotatable bonds is 6. The molecule has 1 amide bonds. The molecule has 1 aromatic carbocycles. The van der Waals surface area contributed by atoms with Crippen molar-refractivity contribution in [2.45, 2.75) is 0 Å². The molecule has 0 atom stereocenters. The third-order valence-corrected chi connectivity index (χ3v) is 3.29. The Morgan fingerprint density at radius 3 is 2.50 bits per heavy atom. The van der Waals surface area contributed by atoms with Gasteiger partial charge in [-0.1, -0.05) is 23.8 Å². The zero-order valence-electron chi connectivity index (χ0n) is 11.6. The highest BCUT2D eigenvalue weighted by molar-refractivity contribution is 7.80. The van der Waals surface area contributed by atoms with Crippen molar-refractivity contribution < 1.29 is 9.72 Å². The number of thiocarbonyl (C=S) groups is 1. The molecule has 0 aliphatic rings. The zero-order chi connectivity index (χ0) is 16.7. The summed E-state index contributed by atoms with van der Waals surface area (Å²) in [5, 5.41) is 13.5. The third-order valence-electron chi connectivity index (χ3n) is 2.61. The second-order valence-electron chi connectivity index (χ2n) is 4.16. The first-order valence-electron chi connectivity index (χ1n) is 6.16. The summed E-state index contributed by atoms with van der Waals surface area (Å²) in [5.41, 5.74) is -0.245. The molecule has 116 valence electrons. The molecule has 0 radical (unpaired) electrons. The van der Waals surface area contributed by atoms with Crippen LogP contribution >= 0.6 is 23.8 Å². The van der Waals surface area contributed by atoms with Crippen LogP contribution in [-0.4, -0.2) is 33.9 Å². The van der Waals surface area contributed by atoms with E-state index in [4.69, 9.17) is 23.8 Å². The van der Waals surface area contributed by atoms with Gasteiger partial charge >= 0.3 is 0 Å². The molecule has 0 saturated carbocycles. The monoisotopic (exact) mass is 339 g/mol. The number of nitrogens with one attached hydrogen (secondary N) is 1. The Morgan fingerprint density at radius 1 is 1.41 bits per heavy atom. The van der Waals surface area contributed by atoms with Gasteiger partial charge in [-0.15, -0.1) is 13.2 Å². The maximum absolute atomic E-state index is 12.1. The number of hydrogen-bond donors (Lipinski definition) is 1. The summed E-state index contributed by atoms with van der Waals surface area (Å²) in [7, 11) is 0. The average Bonchev–Trinajstić information content (AvgIpc) is 2.46. The Bertz CT molecular complexity index is 624. The predicted octanol–water partition coefficient (Wildman–Crippen LogP) is 2.94. The molecule has 0 spiro atoms. The van der Waals surface area contributed by atoms with Gasteiger partial charge < -0.3 is 4.90 Å². The first-order chi connectivity index (χ1) is 10.4. The van der Waals surface area contributed by atoms with E-state index in [1.807, 2.05) is 0 Å². The van der Waals surface area contributed by atoms with E-state index in [1.165, 1.54) is 12.1 Å². The van der Waals surface area contributed by atoms with Crippen molar-refractivity contribution in [2.75, 3.05) is 13.1 Å². The fourth-order valence-corrected chi connectivity index (χ4v) is 2.02. The number of benzene rings is 1. The Morgan fingerprint density at radius 2 is 2.00 bits per heavy atom. The third kappa shape index (κ3) is 4.64. The molecule has 0 bridgehead atoms. The summed E-state index contributed by atoms with van der Waals surface area (Å²) in [4.78, 5) is 24.0. The molecule has 0 aliphatic heterocycles. The fraction of sp³-hybridized carbons (Fsp3) is 0.143. The number of nitro benzene ring substituents is 1. The lowest BCUT2D eigenvalue weighted by Crippen LogP contribution is -2.42. The van der Waals surface area contributed by atoms with Crippen molar-refractivity contribution in [3.8, 4) is 0 Å². The van der Waals surface area contributed by atoms with Gasteiger partial charge in [-0.25, -0.2) is 0 Å². The molecule has 0 aliphatic carbocycles. The number of nitro groups is 1. The van der Waals surface area contributed by atoms with E-state index < -0.39 is 10.8 Å². The predicted molar refractivity (Wildman–Crippen MR) is 90.1 cm³/mol. The minimum absolute atomic E-state index is 0.0379. The van der Waals surface area contributed by atoms with Crippen molar-refractivity contribution in [1.82, 2.24) is 10.2 Å². The van der Waals surface area contributed by atoms with Crippen LogP contribution in [0.3, 0.4) is 0 Å². The van der Waals surface area contributed by atoms with Crippen molar-refractivity contribution in [3.63, 3.8) is 0 Å². The highest BCUT2D eigenvalue weighted by atomic mass is 35.5. The molecular formula is C14H14ClN3O3S. The lowest BCUT2D eigenvalue weighted by atomic mass is 10.2. The highest BCUT2D eigenvalue weighted by Gasteiger charge is 2.18. The molecular weight excluding hydrogens is 326 g/mol. The molecule has 0 fully saturated rings. The largest absolute Gasteiger partial charge is 0.342 e. The summed E-state index contributed by atoms with van der Waals surface area (Å²) >= 11 is 10.8. The topological polar surface area (TPSA) is 75.5 Å². The van der Waals surface area contributed by atoms with Crippen LogP contribution in [-0.2, 0) is 0 Å². The second-order valence-corrected chi connectivity index (χ2v) is 4.96. The molecule has 1 aromatic rings. The first kappa shape index (κ1) is 17.8. The SMILES string of the molecule is C=CCN(CC=C)C(=S)NC(=O)c1ccc(Cl)c([N+](=O)[O-])c1. The fourth-order valence-electron chi connectivity index (χ4n) is 1.59. The average molecular weight is 340 g/mol. The molecule has 6 nitrogen and oxygen atoms in total. The number of carbonyl (C=O) groups is 1. The van der Waals surface area contributed by atoms with Crippen LogP contribution in [0.25, 0.3) is 0 Å². The Hall–Kier alpha value is -2.25. The van der Waals surface area contributed by atoms with E-state index in [0.29, 0.717) is 13.1 Å². The summed E-state index contributed by atoms with van der Waals surface area (Å²) in [5.74, 6) is -0.553. The summed E-state index contributed by atoms with van der Waals surface area (Å²) < 4.78 is 0. The van der Waals surface area contributed by atoms with Crippen LogP contribution in [0.1, 0.15) is 10.4 Å². The number of carbonyl (C=O) groups excluding carboxylic acids is 1. The summed E-state index contributed by atoms with van der Waals surface area (Å²) in [6, 6.07) is 3.78. The minimum Gasteiger partial charge on any atom is -0.342 e. The van der Waals surface area contributed by atoms with Crippen LogP contribution in [0.5, 0.6) is 0 Å². The normalized spacial score (nSPS) is 9.68. The van der Waals surface area contributed by atoms with Crippen molar-refractivity contribution in [2.24, 2.45) is 0 Å². The first-order valence-corrected chi connectivity index (χ1v) is 6.95. The van der Waals surface area contributed by atoms with Gasteiger partial charge in [0.25, 0.3) is 11.6 Å². The molecule has 0 saturated heterocycles. The van der Waals surface area contributed by atoms with Gasteiger partial charge in [-0.05, 0) is 24.4 Å². The van der Waals surface area contributed by atoms with Gasteiger partial charge in [0.1, 0.15) is 5.02 Å². The maximum atomic E-state index is 12.1. The smallest absolute Gasteiger partial charge is 0.288 e. The molecule has 0 unspecified atom stereocenters. The highest BCUT2D eigenvalue weighted by Crippen LogP contribution is 2.24. The summed E-state index contributed by atoms with van der Waals surface area (Å²) in [6.07, 6.45) is 3.27. The van der Waals surface area contributed by atoms with E-state index in [2.05, 4.69) is 18.5 Å². The molecule has 1 N–H and O–H groups in total. The van der Waals surface area contributed by atoms with Gasteiger partial charge in [0.15, 0.2) is 5.11 Å². The number of halogens is 1. The van der Waals surface area contributed by atoms with Crippen LogP contribution in [0.15, 0.2) is 43.5 Å². The molecule has 0 heterocycles. The van der Waals surface area contributed by atoms with Crippen LogP contribution in [0.2, 0.25) is 5.02 Å². The number of amides is 1. The Labute approximate surface area is 138 Å². The minimum atomic E-state index is -0.654. The Balaban J connectivity index is 2.90. The van der Waals surface area contributed by atoms with E-state index in [9.17, 15) is 14.9 Å². The second kappa shape index (κ2) is 8.26. The maximum Gasteiger partial charge on any atom is 0.288 e. The lowest BCUT2D eigenvalue weighted by Gasteiger charge is -2.22. The lowest BCUT2D eigenvalue weighted by molar-refractivity contribution is -0.384. The number of hydrogen-bond acceptors (Lipinski definition) is 4. The molecule has 1 rings (SSSR count).